The molecule has 0 atom stereocenters. The Morgan fingerprint density at radius 3 is 2.61 bits per heavy atom. The van der Waals surface area contributed by atoms with Crippen LogP contribution in [-0.2, 0) is 0 Å². The molecule has 0 amide bonds. The molecule has 0 fully saturated rings. The van der Waals surface area contributed by atoms with Crippen molar-refractivity contribution in [1.29, 1.82) is 0 Å². The van der Waals surface area contributed by atoms with Gasteiger partial charge in [-0.1, -0.05) is 30.3 Å². The van der Waals surface area contributed by atoms with Crippen LogP contribution in [0.25, 0.3) is 16.5 Å². The summed E-state index contributed by atoms with van der Waals surface area (Å²) in [5.41, 5.74) is 10.6. The Labute approximate surface area is 191 Å². The smallest absolute Gasteiger partial charge is 0.211 e. The van der Waals surface area contributed by atoms with Crippen LogP contribution in [0.1, 0.15) is 32.7 Å². The first-order valence-electron chi connectivity index (χ1n) is 11.1. The summed E-state index contributed by atoms with van der Waals surface area (Å²) >= 11 is 0. The molecule has 5 rings (SSSR count). The molecule has 1 aliphatic carbocycles. The number of Topliss-reactive ketones (excluding diaryl/α,β-unsaturated/α-hetero) is 2. The second-order valence-electron chi connectivity index (χ2n) is 8.31. The molecule has 4 N–H and O–H groups in total. The molecule has 2 heterocycles. The van der Waals surface area contributed by atoms with E-state index in [2.05, 4.69) is 33.5 Å². The third-order valence-corrected chi connectivity index (χ3v) is 6.42. The van der Waals surface area contributed by atoms with Gasteiger partial charge in [0.1, 0.15) is 17.1 Å². The van der Waals surface area contributed by atoms with Gasteiger partial charge in [0.2, 0.25) is 11.6 Å². The number of carbonyl (C=O) groups excluding carboxylic acids is 2. The van der Waals surface area contributed by atoms with Crippen LogP contribution in [0, 0.1) is 0 Å². The van der Waals surface area contributed by atoms with Crippen molar-refractivity contribution in [2.45, 2.75) is 6.42 Å². The zero-order valence-electron chi connectivity index (χ0n) is 18.5. The van der Waals surface area contributed by atoms with Gasteiger partial charge < -0.3 is 20.8 Å². The number of allylic oxidation sites excluding steroid dienone is 2. The fraction of sp³-hybridized carbons (Fsp3) is 0.231. The van der Waals surface area contributed by atoms with Crippen LogP contribution in [0.5, 0.6) is 5.75 Å². The zero-order chi connectivity index (χ0) is 22.9. The molecule has 0 spiro atoms. The Hall–Kier alpha value is -3.84. The molecule has 0 bridgehead atoms. The number of nitrogens with two attached hydrogens (primary N) is 1. The molecule has 7 nitrogen and oxygen atoms in total. The fourth-order valence-corrected chi connectivity index (χ4v) is 4.56. The predicted octanol–water partition coefficient (Wildman–Crippen LogP) is 3.10. The average Bonchev–Trinajstić information content (AvgIpc) is 3.28. The van der Waals surface area contributed by atoms with Gasteiger partial charge in [0, 0.05) is 60.0 Å². The third kappa shape index (κ3) is 3.81. The maximum atomic E-state index is 12.8. The molecule has 1 aromatic heterocycles. The number of benzene rings is 2. The van der Waals surface area contributed by atoms with Gasteiger partial charge in [0.05, 0.1) is 7.11 Å². The van der Waals surface area contributed by atoms with E-state index < -0.39 is 0 Å². The molecule has 2 aliphatic rings. The van der Waals surface area contributed by atoms with Gasteiger partial charge in [-0.15, -0.1) is 0 Å². The maximum Gasteiger partial charge on any atom is 0.211 e. The van der Waals surface area contributed by atoms with E-state index in [1.54, 1.807) is 31.4 Å². The van der Waals surface area contributed by atoms with Crippen molar-refractivity contribution >= 4 is 28.0 Å². The molecule has 0 saturated heterocycles. The number of hydrogen-bond acceptors (Lipinski definition) is 6. The number of nitrogens with one attached hydrogen (secondary N) is 2. The molecule has 33 heavy (non-hydrogen) atoms. The van der Waals surface area contributed by atoms with E-state index in [0.29, 0.717) is 17.7 Å². The summed E-state index contributed by atoms with van der Waals surface area (Å²) in [6.07, 6.45) is 5.25. The van der Waals surface area contributed by atoms with Crippen LogP contribution in [0.2, 0.25) is 0 Å². The van der Waals surface area contributed by atoms with Gasteiger partial charge >= 0.3 is 0 Å². The van der Waals surface area contributed by atoms with Crippen LogP contribution in [0.15, 0.2) is 66.1 Å². The molecule has 168 valence electrons. The molecule has 3 aromatic rings. The topological polar surface area (TPSA) is 100 Å². The molecule has 0 unspecified atom stereocenters. The van der Waals surface area contributed by atoms with E-state index >= 15 is 0 Å². The summed E-state index contributed by atoms with van der Waals surface area (Å²) in [6.45, 7) is 3.00. The quantitative estimate of drug-likeness (QED) is 0.542. The minimum atomic E-state index is -0.298. The highest BCUT2D eigenvalue weighted by Gasteiger charge is 2.30. The number of rotatable bonds is 6. The number of carbonyl (C=O) groups is 2. The van der Waals surface area contributed by atoms with Crippen LogP contribution in [0.3, 0.4) is 0 Å². The number of hydrogen-bond donors (Lipinski definition) is 3. The molecule has 0 saturated carbocycles. The van der Waals surface area contributed by atoms with Crippen molar-refractivity contribution in [3.8, 4) is 5.75 Å². The Morgan fingerprint density at radius 2 is 1.88 bits per heavy atom. The van der Waals surface area contributed by atoms with Crippen LogP contribution in [0.4, 0.5) is 0 Å². The number of methoxy groups -OCH3 is 1. The number of ketones is 2. The lowest BCUT2D eigenvalue weighted by Crippen LogP contribution is -2.39. The van der Waals surface area contributed by atoms with Gasteiger partial charge in [-0.3, -0.25) is 14.5 Å². The van der Waals surface area contributed by atoms with Gasteiger partial charge in [-0.2, -0.15) is 0 Å². The predicted molar refractivity (Wildman–Crippen MR) is 128 cm³/mol. The fourth-order valence-electron chi connectivity index (χ4n) is 4.56. The lowest BCUT2D eigenvalue weighted by molar-refractivity contribution is 0.0967. The number of H-pyrrole nitrogens is 1. The van der Waals surface area contributed by atoms with E-state index in [0.717, 1.165) is 37.3 Å². The highest BCUT2D eigenvalue weighted by Crippen LogP contribution is 2.31. The Morgan fingerprint density at radius 1 is 1.09 bits per heavy atom. The summed E-state index contributed by atoms with van der Waals surface area (Å²) in [6, 6.07) is 12.9. The number of aromatic amines is 1. The number of aromatic nitrogens is 1. The number of fused-ring (bicyclic) bond motifs is 2. The van der Waals surface area contributed by atoms with E-state index in [-0.39, 0.29) is 23.0 Å². The maximum absolute atomic E-state index is 12.8. The van der Waals surface area contributed by atoms with Crippen molar-refractivity contribution in [3.05, 3.63) is 82.8 Å². The van der Waals surface area contributed by atoms with E-state index in [1.165, 1.54) is 16.5 Å². The van der Waals surface area contributed by atoms with Crippen molar-refractivity contribution < 1.29 is 14.3 Å². The molecular weight excluding hydrogens is 416 g/mol. The van der Waals surface area contributed by atoms with Crippen molar-refractivity contribution in [2.24, 2.45) is 5.73 Å². The lowest BCUT2D eigenvalue weighted by Gasteiger charge is -2.27. The minimum absolute atomic E-state index is 0.00529. The standard InChI is InChI=1S/C26H26N4O3/c1-33-17-6-7-22-20(14-17)21(15-29-22)16-8-11-30(12-9-16)13-10-28-24-23(27)25(31)18-4-2-3-5-19(18)26(24)32/h2-8,14-15,28-29H,9-13,27H2,1H3. The first-order chi connectivity index (χ1) is 16.1. The van der Waals surface area contributed by atoms with Gasteiger partial charge in [0.25, 0.3) is 0 Å². The van der Waals surface area contributed by atoms with E-state index in [9.17, 15) is 9.59 Å². The number of nitrogens with zero attached hydrogens (tertiary/aromatic N) is 1. The summed E-state index contributed by atoms with van der Waals surface area (Å²) in [4.78, 5) is 31.0. The van der Waals surface area contributed by atoms with Crippen LogP contribution < -0.4 is 15.8 Å². The van der Waals surface area contributed by atoms with Gasteiger partial charge in [0.15, 0.2) is 0 Å². The zero-order valence-corrected chi connectivity index (χ0v) is 18.5. The normalized spacial score (nSPS) is 16.7. The third-order valence-electron chi connectivity index (χ3n) is 6.42. The monoisotopic (exact) mass is 442 g/mol. The van der Waals surface area contributed by atoms with Crippen molar-refractivity contribution in [3.63, 3.8) is 0 Å². The Kier molecular flexibility index (Phi) is 5.48. The SMILES string of the molecule is COc1ccc2[nH]cc(C3=CCN(CCNC4=C(N)C(=O)c5ccccc5C4=O)CC3)c2c1. The first-order valence-corrected chi connectivity index (χ1v) is 11.1. The van der Waals surface area contributed by atoms with Gasteiger partial charge in [-0.25, -0.2) is 0 Å². The first kappa shape index (κ1) is 21.0. The van der Waals surface area contributed by atoms with Crippen LogP contribution >= 0.6 is 0 Å². The van der Waals surface area contributed by atoms with E-state index in [1.807, 2.05) is 12.1 Å². The van der Waals surface area contributed by atoms with Crippen molar-refractivity contribution in [2.75, 3.05) is 33.3 Å². The molecule has 2 aromatic carbocycles. The largest absolute Gasteiger partial charge is 0.497 e. The van der Waals surface area contributed by atoms with Gasteiger partial charge in [-0.05, 0) is 30.2 Å². The summed E-state index contributed by atoms with van der Waals surface area (Å²) < 4.78 is 5.38. The Bertz CT molecular complexity index is 1320. The highest BCUT2D eigenvalue weighted by molar-refractivity contribution is 6.26. The Balaban J connectivity index is 1.22. The van der Waals surface area contributed by atoms with E-state index in [4.69, 9.17) is 10.5 Å². The second kappa shape index (κ2) is 8.60. The summed E-state index contributed by atoms with van der Waals surface area (Å²) in [5.74, 6) is 0.325. The number of ether oxygens (including phenoxy) is 1. The average molecular weight is 443 g/mol. The summed E-state index contributed by atoms with van der Waals surface area (Å²) in [7, 11) is 1.68. The van der Waals surface area contributed by atoms with Crippen LogP contribution in [-0.4, -0.2) is 54.7 Å². The second-order valence-corrected chi connectivity index (χ2v) is 8.31. The molecule has 7 heteroatoms. The molecule has 1 aliphatic heterocycles. The molecular formula is C26H26N4O3. The summed E-state index contributed by atoms with van der Waals surface area (Å²) in [5, 5.41) is 4.28. The van der Waals surface area contributed by atoms with Crippen molar-refractivity contribution in [1.82, 2.24) is 15.2 Å². The lowest BCUT2D eigenvalue weighted by atomic mass is 9.90. The minimum Gasteiger partial charge on any atom is -0.497 e. The molecule has 0 radical (unpaired) electrons. The highest BCUT2D eigenvalue weighted by atomic mass is 16.5.